The van der Waals surface area contributed by atoms with E-state index in [0.29, 0.717) is 43.5 Å². The number of likely N-dealkylation sites (tertiary alicyclic amines) is 2. The van der Waals surface area contributed by atoms with Crippen molar-refractivity contribution in [3.05, 3.63) is 72.3 Å². The molecule has 0 N–H and O–H groups in total. The van der Waals surface area contributed by atoms with Gasteiger partial charge in [-0.1, -0.05) is 18.2 Å². The summed E-state index contributed by atoms with van der Waals surface area (Å²) in [6, 6.07) is 12.1. The van der Waals surface area contributed by atoms with Crippen LogP contribution in [0, 0.1) is 17.7 Å². The van der Waals surface area contributed by atoms with Gasteiger partial charge in [0.05, 0.1) is 29.9 Å². The fourth-order valence-corrected chi connectivity index (χ4v) is 6.11. The van der Waals surface area contributed by atoms with E-state index in [1.54, 1.807) is 38.9 Å². The molecule has 0 spiro atoms. The number of amides is 2. The number of halogens is 1. The normalized spacial score (nSPS) is 21.7. The molecule has 0 saturated carbocycles. The Bertz CT molecular complexity index is 1540. The minimum Gasteiger partial charge on any atom is -0.447 e. The smallest absolute Gasteiger partial charge is 0.275 e. The lowest BCUT2D eigenvalue weighted by Gasteiger charge is -2.22. The number of anilines is 1. The van der Waals surface area contributed by atoms with E-state index in [1.165, 1.54) is 25.2 Å². The molecule has 3 aliphatic heterocycles. The second kappa shape index (κ2) is 9.05. The minimum atomic E-state index is -0.366. The third-order valence-corrected chi connectivity index (χ3v) is 8.02. The summed E-state index contributed by atoms with van der Waals surface area (Å²) in [6.45, 7) is 4.03. The van der Waals surface area contributed by atoms with Crippen molar-refractivity contribution >= 4 is 28.4 Å². The summed E-state index contributed by atoms with van der Waals surface area (Å²) < 4.78 is 21.6. The number of benzene rings is 2. The van der Waals surface area contributed by atoms with Gasteiger partial charge in [0.25, 0.3) is 5.91 Å². The molecule has 2 amide bonds. The van der Waals surface area contributed by atoms with Crippen LogP contribution < -0.4 is 4.90 Å². The first-order valence-corrected chi connectivity index (χ1v) is 13.1. The van der Waals surface area contributed by atoms with Gasteiger partial charge in [-0.25, -0.2) is 14.1 Å². The molecule has 7 rings (SSSR count). The van der Waals surface area contributed by atoms with E-state index in [1.807, 2.05) is 18.2 Å². The molecule has 0 unspecified atom stereocenters. The lowest BCUT2D eigenvalue weighted by molar-refractivity contribution is -0.120. The summed E-state index contributed by atoms with van der Waals surface area (Å²) in [4.78, 5) is 36.9. The van der Waals surface area contributed by atoms with Crippen molar-refractivity contribution < 1.29 is 18.4 Å². The number of hydrogen-bond donors (Lipinski definition) is 0. The highest BCUT2D eigenvalue weighted by Gasteiger charge is 2.48. The number of fused-ring (bicyclic) bond motifs is 2. The van der Waals surface area contributed by atoms with Crippen molar-refractivity contribution in [3.8, 4) is 5.69 Å². The fraction of sp³-hybridized carbons (Fsp3) is 0.357. The second-order valence-electron chi connectivity index (χ2n) is 10.4. The molecule has 0 aliphatic carbocycles. The zero-order chi connectivity index (χ0) is 25.8. The van der Waals surface area contributed by atoms with Crippen molar-refractivity contribution in [2.75, 3.05) is 37.6 Å². The number of carbonyl (C=O) groups is 2. The van der Waals surface area contributed by atoms with E-state index < -0.39 is 0 Å². The van der Waals surface area contributed by atoms with Gasteiger partial charge in [-0.05, 0) is 50.2 Å². The quantitative estimate of drug-likeness (QED) is 0.405. The van der Waals surface area contributed by atoms with Crippen LogP contribution in [-0.4, -0.2) is 69.1 Å². The molecule has 2 aromatic heterocycles. The van der Waals surface area contributed by atoms with Crippen LogP contribution >= 0.6 is 0 Å². The molecule has 2 aromatic carbocycles. The predicted octanol–water partition coefficient (Wildman–Crippen LogP) is 3.48. The Morgan fingerprint density at radius 1 is 1.03 bits per heavy atom. The molecule has 9 nitrogen and oxygen atoms in total. The molecule has 0 radical (unpaired) electrons. The van der Waals surface area contributed by atoms with Gasteiger partial charge < -0.3 is 14.2 Å². The SMILES string of the molecule is O=C(c1coc(CN2CCCC2)n1)N1C[C@@H]2CN(c3cccc4c3cnn4-c3ccccc3F)C(=O)[C@@H]2C1. The third-order valence-electron chi connectivity index (χ3n) is 8.02. The van der Waals surface area contributed by atoms with Gasteiger partial charge in [0, 0.05) is 30.9 Å². The van der Waals surface area contributed by atoms with Crippen LogP contribution in [0.2, 0.25) is 0 Å². The van der Waals surface area contributed by atoms with Gasteiger partial charge in [0.15, 0.2) is 5.69 Å². The Hall–Kier alpha value is -4.05. The summed E-state index contributed by atoms with van der Waals surface area (Å²) in [5.74, 6) is -0.253. The van der Waals surface area contributed by atoms with E-state index in [9.17, 15) is 14.0 Å². The first kappa shape index (κ1) is 23.1. The van der Waals surface area contributed by atoms with Crippen LogP contribution in [0.25, 0.3) is 16.6 Å². The van der Waals surface area contributed by atoms with Gasteiger partial charge >= 0.3 is 0 Å². The first-order valence-electron chi connectivity index (χ1n) is 13.1. The second-order valence-corrected chi connectivity index (χ2v) is 10.4. The van der Waals surface area contributed by atoms with E-state index in [4.69, 9.17) is 4.42 Å². The summed E-state index contributed by atoms with van der Waals surface area (Å²) >= 11 is 0. The maximum absolute atomic E-state index is 14.4. The summed E-state index contributed by atoms with van der Waals surface area (Å²) in [6.07, 6.45) is 5.47. The molecule has 38 heavy (non-hydrogen) atoms. The van der Waals surface area contributed by atoms with Crippen LogP contribution in [0.3, 0.4) is 0 Å². The summed E-state index contributed by atoms with van der Waals surface area (Å²) in [5, 5.41) is 5.21. The van der Waals surface area contributed by atoms with Crippen LogP contribution in [0.15, 0.2) is 59.3 Å². The van der Waals surface area contributed by atoms with Gasteiger partial charge in [0.1, 0.15) is 17.8 Å². The lowest BCUT2D eigenvalue weighted by atomic mass is 10.0. The Balaban J connectivity index is 1.08. The van der Waals surface area contributed by atoms with Gasteiger partial charge in [0.2, 0.25) is 11.8 Å². The highest BCUT2D eigenvalue weighted by Crippen LogP contribution is 2.38. The van der Waals surface area contributed by atoms with Crippen LogP contribution in [0.5, 0.6) is 0 Å². The van der Waals surface area contributed by atoms with Crippen molar-refractivity contribution in [3.63, 3.8) is 0 Å². The highest BCUT2D eigenvalue weighted by atomic mass is 19.1. The lowest BCUT2D eigenvalue weighted by Crippen LogP contribution is -2.36. The number of nitrogens with zero attached hydrogens (tertiary/aromatic N) is 6. The Morgan fingerprint density at radius 3 is 2.66 bits per heavy atom. The number of aromatic nitrogens is 3. The molecule has 3 aliphatic rings. The molecule has 2 atom stereocenters. The zero-order valence-electron chi connectivity index (χ0n) is 20.8. The average Bonchev–Trinajstić information content (AvgIpc) is 3.75. The van der Waals surface area contributed by atoms with Gasteiger partial charge in [-0.3, -0.25) is 14.5 Å². The Labute approximate surface area is 218 Å². The van der Waals surface area contributed by atoms with E-state index >= 15 is 0 Å². The third kappa shape index (κ3) is 3.78. The van der Waals surface area contributed by atoms with Crippen molar-refractivity contribution in [1.82, 2.24) is 24.6 Å². The van der Waals surface area contributed by atoms with Gasteiger partial charge in [-0.15, -0.1) is 0 Å². The number of rotatable bonds is 5. The molecule has 10 heteroatoms. The van der Waals surface area contributed by atoms with E-state index in [2.05, 4.69) is 15.0 Å². The van der Waals surface area contributed by atoms with Crippen molar-refractivity contribution in [2.24, 2.45) is 11.8 Å². The molecule has 4 aromatic rings. The molecular formula is C28H27FN6O3. The van der Waals surface area contributed by atoms with Crippen molar-refractivity contribution in [1.29, 1.82) is 0 Å². The molecular weight excluding hydrogens is 487 g/mol. The number of carbonyl (C=O) groups excluding carboxylic acids is 2. The van der Waals surface area contributed by atoms with E-state index in [-0.39, 0.29) is 29.5 Å². The number of para-hydroxylation sites is 1. The number of hydrogen-bond acceptors (Lipinski definition) is 6. The number of oxazole rings is 1. The maximum Gasteiger partial charge on any atom is 0.275 e. The highest BCUT2D eigenvalue weighted by molar-refractivity contribution is 6.06. The monoisotopic (exact) mass is 514 g/mol. The molecule has 3 fully saturated rings. The van der Waals surface area contributed by atoms with Crippen LogP contribution in [-0.2, 0) is 11.3 Å². The van der Waals surface area contributed by atoms with Crippen molar-refractivity contribution in [2.45, 2.75) is 19.4 Å². The predicted molar refractivity (Wildman–Crippen MR) is 137 cm³/mol. The Morgan fingerprint density at radius 2 is 1.84 bits per heavy atom. The van der Waals surface area contributed by atoms with Crippen LogP contribution in [0.4, 0.5) is 10.1 Å². The molecule has 5 heterocycles. The zero-order valence-corrected chi connectivity index (χ0v) is 20.8. The Kier molecular flexibility index (Phi) is 5.50. The molecule has 0 bridgehead atoms. The fourth-order valence-electron chi connectivity index (χ4n) is 6.11. The standard InChI is InChI=1S/C28H27FN6O3/c29-21-6-1-2-7-25(21)35-24-9-5-8-23(19(24)12-30-35)34-14-18-13-33(15-20(18)27(34)36)28(37)22-17-38-26(31-22)16-32-10-3-4-11-32/h1-2,5-9,12,17-18,20H,3-4,10-11,13-16H2/t18-,20-/m1/s1. The maximum atomic E-state index is 14.4. The molecule has 3 saturated heterocycles. The average molecular weight is 515 g/mol. The summed E-state index contributed by atoms with van der Waals surface area (Å²) in [5.41, 5.74) is 2.14. The van der Waals surface area contributed by atoms with Crippen LogP contribution in [0.1, 0.15) is 29.2 Å². The topological polar surface area (TPSA) is 87.7 Å². The first-order chi connectivity index (χ1) is 18.6. The molecule has 194 valence electrons. The van der Waals surface area contributed by atoms with Gasteiger partial charge in [-0.2, -0.15) is 5.10 Å². The summed E-state index contributed by atoms with van der Waals surface area (Å²) in [7, 11) is 0. The minimum absolute atomic E-state index is 0.00804. The largest absolute Gasteiger partial charge is 0.447 e. The van der Waals surface area contributed by atoms with E-state index in [0.717, 1.165) is 29.7 Å².